The Morgan fingerprint density at radius 1 is 1.35 bits per heavy atom. The minimum absolute atomic E-state index is 0.00531. The van der Waals surface area contributed by atoms with Gasteiger partial charge in [0, 0.05) is 6.54 Å². The second-order valence-electron chi connectivity index (χ2n) is 4.30. The van der Waals surface area contributed by atoms with Gasteiger partial charge in [-0.1, -0.05) is 19.1 Å². The molecule has 110 valence electrons. The lowest BCUT2D eigenvalue weighted by atomic mass is 10.3. The molecule has 1 aromatic carbocycles. The summed E-state index contributed by atoms with van der Waals surface area (Å²) < 4.78 is 18.3. The minimum Gasteiger partial charge on any atom is -0.481 e. The summed E-state index contributed by atoms with van der Waals surface area (Å²) in [6.07, 6.45) is 0.822. The van der Waals surface area contributed by atoms with Crippen LogP contribution in [-0.2, 0) is 9.59 Å². The Hall–Kier alpha value is -2.11. The summed E-state index contributed by atoms with van der Waals surface area (Å²) in [6.45, 7) is 3.73. The molecule has 2 amide bonds. The number of nitrogens with one attached hydrogen (secondary N) is 2. The molecule has 0 aromatic heterocycles. The van der Waals surface area contributed by atoms with Crippen LogP contribution in [0, 0.1) is 5.82 Å². The fraction of sp³-hybridized carbons (Fsp3) is 0.429. The molecular weight excluding hydrogens is 263 g/mol. The van der Waals surface area contributed by atoms with E-state index in [1.807, 2.05) is 6.92 Å². The normalized spacial score (nSPS) is 11.6. The van der Waals surface area contributed by atoms with Gasteiger partial charge in [-0.15, -0.1) is 0 Å². The smallest absolute Gasteiger partial charge is 0.258 e. The van der Waals surface area contributed by atoms with Crippen LogP contribution in [0.25, 0.3) is 0 Å². The van der Waals surface area contributed by atoms with Gasteiger partial charge in [0.1, 0.15) is 6.04 Å². The van der Waals surface area contributed by atoms with Gasteiger partial charge in [-0.2, -0.15) is 0 Å². The Labute approximate surface area is 117 Å². The van der Waals surface area contributed by atoms with Crippen molar-refractivity contribution in [2.75, 3.05) is 13.2 Å². The number of halogens is 1. The molecule has 0 aliphatic heterocycles. The highest BCUT2D eigenvalue weighted by molar-refractivity contribution is 5.87. The maximum atomic E-state index is 13.2. The highest BCUT2D eigenvalue weighted by Crippen LogP contribution is 2.14. The van der Waals surface area contributed by atoms with E-state index in [0.29, 0.717) is 6.54 Å². The Bertz CT molecular complexity index is 465. The summed E-state index contributed by atoms with van der Waals surface area (Å²) >= 11 is 0. The SMILES string of the molecule is CCCNC(=O)[C@@H](C)NC(=O)COc1ccccc1F. The highest BCUT2D eigenvalue weighted by Gasteiger charge is 2.15. The van der Waals surface area contributed by atoms with Gasteiger partial charge >= 0.3 is 0 Å². The number of hydrogen-bond acceptors (Lipinski definition) is 3. The van der Waals surface area contributed by atoms with Crippen molar-refractivity contribution in [3.05, 3.63) is 30.1 Å². The molecule has 0 aliphatic rings. The molecule has 6 heteroatoms. The van der Waals surface area contributed by atoms with Gasteiger partial charge in [-0.25, -0.2) is 4.39 Å². The topological polar surface area (TPSA) is 67.4 Å². The molecular formula is C14H19FN2O3. The first kappa shape index (κ1) is 15.9. The molecule has 0 radical (unpaired) electrons. The molecule has 0 fully saturated rings. The number of ether oxygens (including phenoxy) is 1. The largest absolute Gasteiger partial charge is 0.481 e. The lowest BCUT2D eigenvalue weighted by molar-refractivity contribution is -0.129. The summed E-state index contributed by atoms with van der Waals surface area (Å²) in [6, 6.07) is 5.16. The summed E-state index contributed by atoms with van der Waals surface area (Å²) in [5.74, 6) is -1.27. The second-order valence-corrected chi connectivity index (χ2v) is 4.30. The lowest BCUT2D eigenvalue weighted by Gasteiger charge is -2.14. The number of carbonyl (C=O) groups excluding carboxylic acids is 2. The molecule has 0 aliphatic carbocycles. The first-order valence-electron chi connectivity index (χ1n) is 6.49. The molecule has 0 saturated carbocycles. The van der Waals surface area contributed by atoms with E-state index in [9.17, 15) is 14.0 Å². The first-order chi connectivity index (χ1) is 9.54. The molecule has 0 bridgehead atoms. The van der Waals surface area contributed by atoms with E-state index in [4.69, 9.17) is 4.74 Å². The van der Waals surface area contributed by atoms with Crippen LogP contribution in [0.15, 0.2) is 24.3 Å². The third kappa shape index (κ3) is 5.26. The van der Waals surface area contributed by atoms with Crippen LogP contribution < -0.4 is 15.4 Å². The fourth-order valence-corrected chi connectivity index (χ4v) is 1.46. The maximum Gasteiger partial charge on any atom is 0.258 e. The second kappa shape index (κ2) is 8.14. The Morgan fingerprint density at radius 2 is 2.05 bits per heavy atom. The molecule has 1 aromatic rings. The van der Waals surface area contributed by atoms with Crippen LogP contribution in [-0.4, -0.2) is 31.0 Å². The van der Waals surface area contributed by atoms with Gasteiger partial charge in [-0.05, 0) is 25.5 Å². The van der Waals surface area contributed by atoms with Crippen molar-refractivity contribution in [3.63, 3.8) is 0 Å². The summed E-state index contributed by atoms with van der Waals surface area (Å²) in [7, 11) is 0. The van der Waals surface area contributed by atoms with Gasteiger partial charge in [0.2, 0.25) is 5.91 Å². The van der Waals surface area contributed by atoms with Crippen molar-refractivity contribution in [2.24, 2.45) is 0 Å². The Balaban J connectivity index is 2.37. The third-order valence-corrected chi connectivity index (χ3v) is 2.52. The zero-order chi connectivity index (χ0) is 15.0. The van der Waals surface area contributed by atoms with Crippen LogP contribution in [0.1, 0.15) is 20.3 Å². The molecule has 20 heavy (non-hydrogen) atoms. The van der Waals surface area contributed by atoms with Gasteiger partial charge in [0.05, 0.1) is 0 Å². The van der Waals surface area contributed by atoms with Crippen molar-refractivity contribution in [2.45, 2.75) is 26.3 Å². The summed E-state index contributed by atoms with van der Waals surface area (Å²) in [5.41, 5.74) is 0. The Kier molecular flexibility index (Phi) is 6.49. The third-order valence-electron chi connectivity index (χ3n) is 2.52. The maximum absolute atomic E-state index is 13.2. The van der Waals surface area contributed by atoms with Crippen LogP contribution in [0.5, 0.6) is 5.75 Å². The zero-order valence-electron chi connectivity index (χ0n) is 11.6. The predicted molar refractivity (Wildman–Crippen MR) is 72.8 cm³/mol. The quantitative estimate of drug-likeness (QED) is 0.790. The van der Waals surface area contributed by atoms with Crippen molar-refractivity contribution in [1.29, 1.82) is 0 Å². The van der Waals surface area contributed by atoms with Crippen molar-refractivity contribution < 1.29 is 18.7 Å². The van der Waals surface area contributed by atoms with E-state index in [-0.39, 0.29) is 18.3 Å². The molecule has 0 saturated heterocycles. The summed E-state index contributed by atoms with van der Waals surface area (Å²) in [5, 5.41) is 5.15. The van der Waals surface area contributed by atoms with Crippen LogP contribution in [0.3, 0.4) is 0 Å². The van der Waals surface area contributed by atoms with Crippen LogP contribution in [0.2, 0.25) is 0 Å². The zero-order valence-corrected chi connectivity index (χ0v) is 11.6. The van der Waals surface area contributed by atoms with Gasteiger partial charge in [-0.3, -0.25) is 9.59 Å². The van der Waals surface area contributed by atoms with Gasteiger partial charge in [0.25, 0.3) is 5.91 Å². The average Bonchev–Trinajstić information content (AvgIpc) is 2.43. The van der Waals surface area contributed by atoms with Crippen LogP contribution >= 0.6 is 0 Å². The van der Waals surface area contributed by atoms with Crippen molar-refractivity contribution in [1.82, 2.24) is 10.6 Å². The molecule has 5 nitrogen and oxygen atoms in total. The fourth-order valence-electron chi connectivity index (χ4n) is 1.46. The molecule has 0 spiro atoms. The van der Waals surface area contributed by atoms with Gasteiger partial charge in [0.15, 0.2) is 18.2 Å². The molecule has 2 N–H and O–H groups in total. The number of rotatable bonds is 7. The van der Waals surface area contributed by atoms with Crippen molar-refractivity contribution in [3.8, 4) is 5.75 Å². The molecule has 1 atom stereocenters. The number of benzene rings is 1. The molecule has 1 rings (SSSR count). The standard InChI is InChI=1S/C14H19FN2O3/c1-3-8-16-14(19)10(2)17-13(18)9-20-12-7-5-4-6-11(12)15/h4-7,10H,3,8-9H2,1-2H3,(H,16,19)(H,17,18)/t10-/m1/s1. The minimum atomic E-state index is -0.654. The van der Waals surface area contributed by atoms with Gasteiger partial charge < -0.3 is 15.4 Å². The van der Waals surface area contributed by atoms with Crippen molar-refractivity contribution >= 4 is 11.8 Å². The van der Waals surface area contributed by atoms with E-state index in [1.165, 1.54) is 18.2 Å². The molecule has 0 heterocycles. The monoisotopic (exact) mass is 282 g/mol. The van der Waals surface area contributed by atoms with E-state index < -0.39 is 17.8 Å². The first-order valence-corrected chi connectivity index (χ1v) is 6.49. The predicted octanol–water partition coefficient (Wildman–Crippen LogP) is 1.24. The summed E-state index contributed by atoms with van der Waals surface area (Å²) in [4.78, 5) is 23.1. The van der Waals surface area contributed by atoms with E-state index in [2.05, 4.69) is 10.6 Å². The van der Waals surface area contributed by atoms with E-state index in [0.717, 1.165) is 6.42 Å². The highest BCUT2D eigenvalue weighted by atomic mass is 19.1. The lowest BCUT2D eigenvalue weighted by Crippen LogP contribution is -2.46. The number of amides is 2. The van der Waals surface area contributed by atoms with E-state index in [1.54, 1.807) is 13.0 Å². The van der Waals surface area contributed by atoms with E-state index >= 15 is 0 Å². The number of hydrogen-bond donors (Lipinski definition) is 2. The average molecular weight is 282 g/mol. The Morgan fingerprint density at radius 3 is 2.70 bits per heavy atom. The molecule has 0 unspecified atom stereocenters. The number of para-hydroxylation sites is 1. The number of carbonyl (C=O) groups is 2. The van der Waals surface area contributed by atoms with Crippen LogP contribution in [0.4, 0.5) is 4.39 Å².